The maximum Gasteiger partial charge on any atom is 0.223 e. The second-order valence-corrected chi connectivity index (χ2v) is 6.45. The molecule has 1 aromatic carbocycles. The van der Waals surface area contributed by atoms with Crippen LogP contribution in [0.4, 0.5) is 0 Å². The normalized spacial score (nSPS) is 10.5. The fourth-order valence-corrected chi connectivity index (χ4v) is 2.94. The Labute approximate surface area is 122 Å². The fraction of sp³-hybridized carbons (Fsp3) is 0.214. The van der Waals surface area contributed by atoms with Crippen LogP contribution in [0.15, 0.2) is 57.0 Å². The lowest BCUT2D eigenvalue weighted by atomic mass is 10.2. The van der Waals surface area contributed by atoms with Crippen LogP contribution in [-0.4, -0.2) is 13.4 Å². The molecule has 0 spiro atoms. The first-order valence-electron chi connectivity index (χ1n) is 5.93. The van der Waals surface area contributed by atoms with Crippen molar-refractivity contribution < 1.29 is 8.42 Å². The molecule has 2 rings (SSSR count). The summed E-state index contributed by atoms with van der Waals surface area (Å²) >= 11 is 3.22. The van der Waals surface area contributed by atoms with Crippen molar-refractivity contribution in [1.29, 1.82) is 0 Å². The van der Waals surface area contributed by atoms with E-state index in [1.807, 2.05) is 26.8 Å². The smallest absolute Gasteiger partial charge is 0.223 e. The van der Waals surface area contributed by atoms with Crippen LogP contribution < -0.4 is 0 Å². The second-order valence-electron chi connectivity index (χ2n) is 3.63. The van der Waals surface area contributed by atoms with Gasteiger partial charge in [0.05, 0.1) is 4.90 Å². The predicted molar refractivity (Wildman–Crippen MR) is 79.9 cm³/mol. The van der Waals surface area contributed by atoms with Gasteiger partial charge in [0.1, 0.15) is 0 Å². The van der Waals surface area contributed by atoms with Crippen molar-refractivity contribution in [2.24, 2.45) is 0 Å². The van der Waals surface area contributed by atoms with Gasteiger partial charge in [0.15, 0.2) is 5.03 Å². The number of sulfone groups is 1. The Morgan fingerprint density at radius 3 is 2.32 bits per heavy atom. The van der Waals surface area contributed by atoms with Crippen LogP contribution in [-0.2, 0) is 9.84 Å². The van der Waals surface area contributed by atoms with Gasteiger partial charge in [-0.1, -0.05) is 26.0 Å². The summed E-state index contributed by atoms with van der Waals surface area (Å²) in [4.78, 5) is 4.19. The third-order valence-electron chi connectivity index (χ3n) is 2.28. The molecule has 0 aliphatic rings. The molecule has 1 heterocycles. The highest BCUT2D eigenvalue weighted by Crippen LogP contribution is 2.20. The number of pyridine rings is 1. The van der Waals surface area contributed by atoms with E-state index in [0.29, 0.717) is 0 Å². The Balaban J connectivity index is 0.000000861. The van der Waals surface area contributed by atoms with Crippen molar-refractivity contribution >= 4 is 25.8 Å². The summed E-state index contributed by atoms with van der Waals surface area (Å²) in [5.41, 5.74) is 0.906. The fourth-order valence-electron chi connectivity index (χ4n) is 1.42. The van der Waals surface area contributed by atoms with E-state index in [1.54, 1.807) is 24.3 Å². The molecule has 0 aliphatic heterocycles. The van der Waals surface area contributed by atoms with Crippen molar-refractivity contribution in [2.75, 3.05) is 0 Å². The minimum atomic E-state index is -3.51. The highest BCUT2D eigenvalue weighted by atomic mass is 79.9. The summed E-state index contributed by atoms with van der Waals surface area (Å²) in [5.74, 6) is 0. The molecule has 0 fully saturated rings. The SMILES string of the molecule is CC.Cc1cccc(S(=O)(=O)c2ccc(Br)cn2)c1. The van der Waals surface area contributed by atoms with E-state index in [1.165, 1.54) is 12.3 Å². The van der Waals surface area contributed by atoms with E-state index in [0.717, 1.165) is 10.0 Å². The summed E-state index contributed by atoms with van der Waals surface area (Å²) in [7, 11) is -3.51. The van der Waals surface area contributed by atoms with Gasteiger partial charge in [-0.15, -0.1) is 0 Å². The Kier molecular flexibility index (Phi) is 5.69. The minimum Gasteiger partial charge on any atom is -0.243 e. The Morgan fingerprint density at radius 2 is 1.79 bits per heavy atom. The number of nitrogens with zero attached hydrogens (tertiary/aromatic N) is 1. The zero-order chi connectivity index (χ0) is 14.5. The number of aryl methyl sites for hydroxylation is 1. The van der Waals surface area contributed by atoms with Crippen LogP contribution in [0.25, 0.3) is 0 Å². The molecule has 102 valence electrons. The molecule has 19 heavy (non-hydrogen) atoms. The van der Waals surface area contributed by atoms with Gasteiger partial charge in [0.2, 0.25) is 9.84 Å². The average Bonchev–Trinajstić information content (AvgIpc) is 2.41. The van der Waals surface area contributed by atoms with E-state index >= 15 is 0 Å². The monoisotopic (exact) mass is 341 g/mol. The lowest BCUT2D eigenvalue weighted by Crippen LogP contribution is -2.04. The highest BCUT2D eigenvalue weighted by Gasteiger charge is 2.18. The lowest BCUT2D eigenvalue weighted by molar-refractivity contribution is 0.592. The molecule has 0 saturated heterocycles. The van der Waals surface area contributed by atoms with Gasteiger partial charge in [-0.25, -0.2) is 13.4 Å². The molecule has 0 unspecified atom stereocenters. The van der Waals surface area contributed by atoms with Gasteiger partial charge in [0.25, 0.3) is 0 Å². The molecule has 2 aromatic rings. The topological polar surface area (TPSA) is 47.0 Å². The molecular weight excluding hydrogens is 326 g/mol. The lowest BCUT2D eigenvalue weighted by Gasteiger charge is -2.04. The number of benzene rings is 1. The van der Waals surface area contributed by atoms with E-state index in [9.17, 15) is 8.42 Å². The zero-order valence-corrected chi connectivity index (χ0v) is 13.5. The van der Waals surface area contributed by atoms with Gasteiger partial charge < -0.3 is 0 Å². The largest absolute Gasteiger partial charge is 0.243 e. The number of aromatic nitrogens is 1. The molecule has 0 bridgehead atoms. The van der Waals surface area contributed by atoms with Crippen molar-refractivity contribution in [1.82, 2.24) is 4.98 Å². The maximum absolute atomic E-state index is 12.2. The van der Waals surface area contributed by atoms with Gasteiger partial charge in [-0.05, 0) is 52.7 Å². The summed E-state index contributed by atoms with van der Waals surface area (Å²) in [6.07, 6.45) is 1.47. The van der Waals surface area contributed by atoms with Crippen LogP contribution in [0.5, 0.6) is 0 Å². The van der Waals surface area contributed by atoms with Gasteiger partial charge in [-0.3, -0.25) is 0 Å². The quantitative estimate of drug-likeness (QED) is 0.828. The van der Waals surface area contributed by atoms with E-state index in [2.05, 4.69) is 20.9 Å². The summed E-state index contributed by atoms with van der Waals surface area (Å²) in [6.45, 7) is 5.86. The highest BCUT2D eigenvalue weighted by molar-refractivity contribution is 9.10. The first-order chi connectivity index (χ1) is 9.00. The molecule has 3 nitrogen and oxygen atoms in total. The van der Waals surface area contributed by atoms with Crippen molar-refractivity contribution in [3.8, 4) is 0 Å². The van der Waals surface area contributed by atoms with E-state index in [-0.39, 0.29) is 9.92 Å². The third kappa shape index (κ3) is 3.88. The van der Waals surface area contributed by atoms with Gasteiger partial charge >= 0.3 is 0 Å². The van der Waals surface area contributed by atoms with Crippen LogP contribution in [0, 0.1) is 6.92 Å². The summed E-state index contributed by atoms with van der Waals surface area (Å²) in [5, 5.41) is 0.0614. The van der Waals surface area contributed by atoms with Crippen molar-refractivity contribution in [2.45, 2.75) is 30.7 Å². The molecule has 0 aliphatic carbocycles. The van der Waals surface area contributed by atoms with Crippen LogP contribution in [0.3, 0.4) is 0 Å². The van der Waals surface area contributed by atoms with Crippen LogP contribution in [0.2, 0.25) is 0 Å². The summed E-state index contributed by atoms with van der Waals surface area (Å²) < 4.78 is 25.2. The van der Waals surface area contributed by atoms with Gasteiger partial charge in [0, 0.05) is 10.7 Å². The minimum absolute atomic E-state index is 0.0614. The second kappa shape index (κ2) is 6.82. The predicted octanol–water partition coefficient (Wildman–Crippen LogP) is 4.01. The van der Waals surface area contributed by atoms with Crippen LogP contribution >= 0.6 is 15.9 Å². The van der Waals surface area contributed by atoms with Crippen molar-refractivity contribution in [3.05, 3.63) is 52.6 Å². The van der Waals surface area contributed by atoms with Crippen LogP contribution in [0.1, 0.15) is 19.4 Å². The molecule has 1 aromatic heterocycles. The standard InChI is InChI=1S/C12H10BrNO2S.C2H6/c1-9-3-2-4-11(7-9)17(15,16)12-6-5-10(13)8-14-12;1-2/h2-8H,1H3;1-2H3. The molecule has 0 saturated carbocycles. The summed E-state index contributed by atoms with van der Waals surface area (Å²) in [6, 6.07) is 9.94. The molecule has 0 N–H and O–H groups in total. The van der Waals surface area contributed by atoms with E-state index < -0.39 is 9.84 Å². The third-order valence-corrected chi connectivity index (χ3v) is 4.41. The average molecular weight is 342 g/mol. The number of hydrogen-bond acceptors (Lipinski definition) is 3. The van der Waals surface area contributed by atoms with Gasteiger partial charge in [-0.2, -0.15) is 0 Å². The Morgan fingerprint density at radius 1 is 1.11 bits per heavy atom. The Bertz CT molecular complexity index is 637. The molecule has 0 radical (unpaired) electrons. The molecule has 5 heteroatoms. The van der Waals surface area contributed by atoms with E-state index in [4.69, 9.17) is 0 Å². The molecule has 0 amide bonds. The molecule has 0 atom stereocenters. The maximum atomic E-state index is 12.2. The first kappa shape index (κ1) is 15.9. The first-order valence-corrected chi connectivity index (χ1v) is 8.21. The number of halogens is 1. The Hall–Kier alpha value is -1.20. The number of hydrogen-bond donors (Lipinski definition) is 0. The van der Waals surface area contributed by atoms with Crippen molar-refractivity contribution in [3.63, 3.8) is 0 Å². The zero-order valence-electron chi connectivity index (χ0n) is 11.1. The molecular formula is C14H16BrNO2S. The number of rotatable bonds is 2.